The fraction of sp³-hybridized carbons (Fsp3) is 0.296. The van der Waals surface area contributed by atoms with Crippen LogP contribution in [0, 0.1) is 6.92 Å². The third-order valence-corrected chi connectivity index (χ3v) is 6.23. The van der Waals surface area contributed by atoms with Crippen LogP contribution in [0.15, 0.2) is 73.3 Å². The van der Waals surface area contributed by atoms with Gasteiger partial charge in [0.1, 0.15) is 12.4 Å². The van der Waals surface area contributed by atoms with E-state index in [0.29, 0.717) is 6.61 Å². The Kier molecular flexibility index (Phi) is 5.89. The number of carbonyl (C=O) groups excluding carboxylic acids is 1. The van der Waals surface area contributed by atoms with Gasteiger partial charge in [0.05, 0.1) is 5.41 Å². The molecule has 154 valence electrons. The van der Waals surface area contributed by atoms with Crippen LogP contribution in [0.3, 0.4) is 0 Å². The highest BCUT2D eigenvalue weighted by molar-refractivity contribution is 6.07. The van der Waals surface area contributed by atoms with Crippen LogP contribution in [-0.2, 0) is 10.2 Å². The van der Waals surface area contributed by atoms with Crippen molar-refractivity contribution in [3.8, 4) is 5.75 Å². The summed E-state index contributed by atoms with van der Waals surface area (Å²) in [6.07, 6.45) is 6.87. The largest absolute Gasteiger partial charge is 0.489 e. The van der Waals surface area contributed by atoms with E-state index in [1.807, 2.05) is 36.4 Å². The van der Waals surface area contributed by atoms with Crippen molar-refractivity contribution in [3.05, 3.63) is 84.4 Å². The van der Waals surface area contributed by atoms with Crippen LogP contribution < -0.4 is 10.1 Å². The van der Waals surface area contributed by atoms with Crippen LogP contribution in [-0.4, -0.2) is 12.5 Å². The van der Waals surface area contributed by atoms with Gasteiger partial charge >= 0.3 is 0 Å². The minimum absolute atomic E-state index is 0.0935. The number of ether oxygens (including phenoxy) is 1. The molecule has 0 heterocycles. The van der Waals surface area contributed by atoms with E-state index >= 15 is 0 Å². The van der Waals surface area contributed by atoms with Gasteiger partial charge in [-0.1, -0.05) is 86.0 Å². The number of hydrogen-bond donors (Lipinski definition) is 1. The number of hydrogen-bond acceptors (Lipinski definition) is 2. The van der Waals surface area contributed by atoms with Gasteiger partial charge in [-0.3, -0.25) is 4.79 Å². The maximum atomic E-state index is 13.7. The van der Waals surface area contributed by atoms with Gasteiger partial charge < -0.3 is 10.1 Å². The number of carbonyl (C=O) groups is 1. The van der Waals surface area contributed by atoms with Crippen LogP contribution in [0.5, 0.6) is 5.75 Å². The summed E-state index contributed by atoms with van der Waals surface area (Å²) < 4.78 is 5.81. The first-order valence-corrected chi connectivity index (χ1v) is 10.8. The van der Waals surface area contributed by atoms with Crippen molar-refractivity contribution < 1.29 is 9.53 Å². The van der Waals surface area contributed by atoms with E-state index in [4.69, 9.17) is 4.74 Å². The highest BCUT2D eigenvalue weighted by Crippen LogP contribution is 2.41. The molecule has 1 saturated carbocycles. The number of benzene rings is 3. The zero-order chi connectivity index (χ0) is 21.0. The Labute approximate surface area is 178 Å². The standard InChI is InChI=1S/C27H29NO2/c1-3-19-30-25-16-15-24(22-9-5-6-10-23(22)25)28-26(29)27(17-7-4-8-18-27)21-13-11-20(2)12-14-21/h3,5-6,9-16H,1,4,7-8,17-19H2,2H3,(H,28,29). The molecule has 0 spiro atoms. The van der Waals surface area contributed by atoms with Gasteiger partial charge in [0, 0.05) is 16.5 Å². The van der Waals surface area contributed by atoms with Crippen molar-refractivity contribution in [2.75, 3.05) is 11.9 Å². The van der Waals surface area contributed by atoms with E-state index in [9.17, 15) is 4.79 Å². The smallest absolute Gasteiger partial charge is 0.235 e. The van der Waals surface area contributed by atoms with Gasteiger partial charge in [0.2, 0.25) is 5.91 Å². The SMILES string of the molecule is C=CCOc1ccc(NC(=O)C2(c3ccc(C)cc3)CCCCC2)c2ccccc12. The lowest BCUT2D eigenvalue weighted by atomic mass is 9.68. The Morgan fingerprint density at radius 2 is 1.70 bits per heavy atom. The minimum atomic E-state index is -0.467. The minimum Gasteiger partial charge on any atom is -0.489 e. The molecule has 3 heteroatoms. The molecular formula is C27H29NO2. The molecule has 30 heavy (non-hydrogen) atoms. The van der Waals surface area contributed by atoms with Gasteiger partial charge in [-0.05, 0) is 37.5 Å². The van der Waals surface area contributed by atoms with Crippen molar-refractivity contribution in [2.45, 2.75) is 44.4 Å². The Hall–Kier alpha value is -3.07. The quantitative estimate of drug-likeness (QED) is 0.477. The van der Waals surface area contributed by atoms with Crippen molar-refractivity contribution >= 4 is 22.4 Å². The number of nitrogens with one attached hydrogen (secondary N) is 1. The molecule has 1 fully saturated rings. The average Bonchev–Trinajstić information content (AvgIpc) is 2.79. The van der Waals surface area contributed by atoms with Crippen molar-refractivity contribution in [1.82, 2.24) is 0 Å². The maximum Gasteiger partial charge on any atom is 0.235 e. The molecule has 1 amide bonds. The summed E-state index contributed by atoms with van der Waals surface area (Å²) in [5.41, 5.74) is 2.70. The van der Waals surface area contributed by atoms with Gasteiger partial charge in [-0.15, -0.1) is 0 Å². The molecule has 1 aliphatic rings. The molecule has 0 saturated heterocycles. The molecule has 0 unspecified atom stereocenters. The Morgan fingerprint density at radius 1 is 1.00 bits per heavy atom. The van der Waals surface area contributed by atoms with E-state index in [0.717, 1.165) is 53.5 Å². The average molecular weight is 400 g/mol. The second-order valence-corrected chi connectivity index (χ2v) is 8.22. The highest BCUT2D eigenvalue weighted by Gasteiger charge is 2.41. The number of anilines is 1. The normalized spacial score (nSPS) is 15.5. The summed E-state index contributed by atoms with van der Waals surface area (Å²) in [5.74, 6) is 0.894. The molecule has 4 rings (SSSR count). The molecule has 3 aromatic carbocycles. The Morgan fingerprint density at radius 3 is 2.40 bits per heavy atom. The molecule has 3 aromatic rings. The summed E-state index contributed by atoms with van der Waals surface area (Å²) in [6.45, 7) is 6.26. The first-order valence-electron chi connectivity index (χ1n) is 10.8. The molecule has 1 N–H and O–H groups in total. The fourth-order valence-corrected chi connectivity index (χ4v) is 4.57. The van der Waals surface area contributed by atoms with E-state index in [-0.39, 0.29) is 5.91 Å². The summed E-state index contributed by atoms with van der Waals surface area (Å²) in [7, 11) is 0. The number of amides is 1. The molecule has 0 bridgehead atoms. The summed E-state index contributed by atoms with van der Waals surface area (Å²) >= 11 is 0. The maximum absolute atomic E-state index is 13.7. The second-order valence-electron chi connectivity index (χ2n) is 8.22. The number of fused-ring (bicyclic) bond motifs is 1. The predicted molar refractivity (Wildman–Crippen MR) is 124 cm³/mol. The van der Waals surface area contributed by atoms with Gasteiger partial charge in [-0.2, -0.15) is 0 Å². The topological polar surface area (TPSA) is 38.3 Å². The third kappa shape index (κ3) is 3.85. The lowest BCUT2D eigenvalue weighted by Crippen LogP contribution is -2.42. The number of aryl methyl sites for hydroxylation is 1. The first kappa shape index (κ1) is 20.2. The van der Waals surface area contributed by atoms with Crippen LogP contribution in [0.4, 0.5) is 5.69 Å². The molecule has 3 nitrogen and oxygen atoms in total. The van der Waals surface area contributed by atoms with Gasteiger partial charge in [0.15, 0.2) is 0 Å². The summed E-state index contributed by atoms with van der Waals surface area (Å²) in [4.78, 5) is 13.7. The fourth-order valence-electron chi connectivity index (χ4n) is 4.57. The Bertz CT molecular complexity index is 1050. The van der Waals surface area contributed by atoms with Crippen LogP contribution in [0.2, 0.25) is 0 Å². The molecule has 1 aliphatic carbocycles. The van der Waals surface area contributed by atoms with E-state index < -0.39 is 5.41 Å². The predicted octanol–water partition coefficient (Wildman–Crippen LogP) is 6.55. The molecule has 0 aliphatic heterocycles. The molecule has 0 aromatic heterocycles. The molecule has 0 radical (unpaired) electrons. The zero-order valence-corrected chi connectivity index (χ0v) is 17.6. The summed E-state index contributed by atoms with van der Waals surface area (Å²) in [5, 5.41) is 5.26. The third-order valence-electron chi connectivity index (χ3n) is 6.23. The van der Waals surface area contributed by atoms with Crippen molar-refractivity contribution in [3.63, 3.8) is 0 Å². The lowest BCUT2D eigenvalue weighted by Gasteiger charge is -2.36. The zero-order valence-electron chi connectivity index (χ0n) is 17.6. The molecular weight excluding hydrogens is 370 g/mol. The first-order chi connectivity index (χ1) is 14.6. The number of rotatable bonds is 6. The van der Waals surface area contributed by atoms with Crippen molar-refractivity contribution in [2.24, 2.45) is 0 Å². The second kappa shape index (κ2) is 8.74. The summed E-state index contributed by atoms with van der Waals surface area (Å²) in [6, 6.07) is 20.4. The van der Waals surface area contributed by atoms with Gasteiger partial charge in [0.25, 0.3) is 0 Å². The van der Waals surface area contributed by atoms with Crippen LogP contribution in [0.25, 0.3) is 10.8 Å². The van der Waals surface area contributed by atoms with E-state index in [1.54, 1.807) is 6.08 Å². The van der Waals surface area contributed by atoms with E-state index in [2.05, 4.69) is 43.1 Å². The van der Waals surface area contributed by atoms with E-state index in [1.165, 1.54) is 12.0 Å². The lowest BCUT2D eigenvalue weighted by molar-refractivity contribution is -0.122. The Balaban J connectivity index is 1.70. The van der Waals surface area contributed by atoms with Gasteiger partial charge in [-0.25, -0.2) is 0 Å². The monoisotopic (exact) mass is 399 g/mol. The van der Waals surface area contributed by atoms with Crippen LogP contribution >= 0.6 is 0 Å². The highest BCUT2D eigenvalue weighted by atomic mass is 16.5. The van der Waals surface area contributed by atoms with Crippen LogP contribution in [0.1, 0.15) is 43.2 Å². The van der Waals surface area contributed by atoms with Crippen molar-refractivity contribution in [1.29, 1.82) is 0 Å². The molecule has 0 atom stereocenters.